The lowest BCUT2D eigenvalue weighted by molar-refractivity contribution is -0.751. The average Bonchev–Trinajstić information content (AvgIpc) is 2.18. The van der Waals surface area contributed by atoms with Crippen LogP contribution < -0.4 is 4.57 Å². The molecule has 0 spiro atoms. The first-order valence-electron chi connectivity index (χ1n) is 3.81. The predicted octanol–water partition coefficient (Wildman–Crippen LogP) is 2.32. The van der Waals surface area contributed by atoms with Crippen LogP contribution in [0.2, 0.25) is 0 Å². The number of hydrogen-bond donors (Lipinski definition) is 0. The fourth-order valence-corrected chi connectivity index (χ4v) is 1.88. The van der Waals surface area contributed by atoms with E-state index in [0.29, 0.717) is 5.88 Å². The van der Waals surface area contributed by atoms with Crippen LogP contribution in [-0.4, -0.2) is 11.2 Å². The third-order valence-corrected chi connectivity index (χ3v) is 3.70. The summed E-state index contributed by atoms with van der Waals surface area (Å²) in [4.78, 5) is 0. The van der Waals surface area contributed by atoms with E-state index in [1.54, 1.807) is 0 Å². The van der Waals surface area contributed by atoms with Gasteiger partial charge < -0.3 is 0 Å². The molecule has 1 rings (SSSR count). The van der Waals surface area contributed by atoms with Crippen molar-refractivity contribution in [2.75, 3.05) is 11.2 Å². The maximum absolute atomic E-state index is 5.89. The molecule has 0 aliphatic carbocycles. The van der Waals surface area contributed by atoms with Crippen molar-refractivity contribution in [3.63, 3.8) is 0 Å². The number of hydrogen-bond acceptors (Lipinski definition) is 0. The first-order chi connectivity index (χ1) is 5.73. The van der Waals surface area contributed by atoms with Crippen molar-refractivity contribution in [2.45, 2.75) is 12.5 Å². The number of alkyl halides is 2. The number of halogens is 2. The highest BCUT2D eigenvalue weighted by atomic mass is 79.9. The van der Waals surface area contributed by atoms with Crippen molar-refractivity contribution < 1.29 is 4.57 Å². The highest BCUT2D eigenvalue weighted by Gasteiger charge is 2.31. The smallest absolute Gasteiger partial charge is 0.188 e. The molecule has 0 amide bonds. The normalized spacial score (nSPS) is 15.6. The van der Waals surface area contributed by atoms with Gasteiger partial charge in [0, 0.05) is 19.1 Å². The molecule has 0 aliphatic rings. The highest BCUT2D eigenvalue weighted by molar-refractivity contribution is 9.09. The summed E-state index contributed by atoms with van der Waals surface area (Å²) in [6, 6.07) is 6.01. The lowest BCUT2D eigenvalue weighted by atomic mass is 10.1. The quantitative estimate of drug-likeness (QED) is 0.572. The number of rotatable bonds is 3. The maximum Gasteiger partial charge on any atom is 0.188 e. The molecule has 0 saturated heterocycles. The van der Waals surface area contributed by atoms with Gasteiger partial charge in [-0.05, 0) is 0 Å². The molecule has 0 radical (unpaired) electrons. The van der Waals surface area contributed by atoms with Gasteiger partial charge in [-0.25, -0.2) is 0 Å². The lowest BCUT2D eigenvalue weighted by Crippen LogP contribution is -2.56. The summed E-state index contributed by atoms with van der Waals surface area (Å²) in [5.41, 5.74) is -0.0250. The second-order valence-electron chi connectivity index (χ2n) is 3.05. The molecule has 1 heterocycles. The van der Waals surface area contributed by atoms with E-state index in [-0.39, 0.29) is 5.54 Å². The fourth-order valence-electron chi connectivity index (χ4n) is 0.932. The molecule has 0 bridgehead atoms. The Balaban J connectivity index is 2.95. The molecular formula is C9H12BrClN+. The van der Waals surface area contributed by atoms with E-state index in [1.807, 2.05) is 30.6 Å². The van der Waals surface area contributed by atoms with Gasteiger partial charge in [-0.1, -0.05) is 22.0 Å². The van der Waals surface area contributed by atoms with Gasteiger partial charge in [0.25, 0.3) is 0 Å². The van der Waals surface area contributed by atoms with Crippen LogP contribution in [0.5, 0.6) is 0 Å². The zero-order valence-electron chi connectivity index (χ0n) is 7.00. The first kappa shape index (κ1) is 10.0. The molecule has 1 unspecified atom stereocenters. The van der Waals surface area contributed by atoms with Crippen LogP contribution in [0.15, 0.2) is 30.6 Å². The minimum atomic E-state index is -0.0250. The monoisotopic (exact) mass is 248 g/mol. The molecule has 66 valence electrons. The van der Waals surface area contributed by atoms with Gasteiger partial charge >= 0.3 is 0 Å². The Morgan fingerprint density at radius 3 is 2.33 bits per heavy atom. The Labute approximate surface area is 86.5 Å². The standard InChI is InChI=1S/C9H12BrClN/c1-9(7-10,8-11)12-5-3-2-4-6-12/h2-6H,7-8H2,1H3/q+1. The summed E-state index contributed by atoms with van der Waals surface area (Å²) in [6.07, 6.45) is 4.06. The second-order valence-corrected chi connectivity index (χ2v) is 3.87. The van der Waals surface area contributed by atoms with Crippen LogP contribution in [0.1, 0.15) is 6.92 Å². The van der Waals surface area contributed by atoms with Crippen molar-refractivity contribution in [3.8, 4) is 0 Å². The number of nitrogens with zero attached hydrogens (tertiary/aromatic N) is 1. The SMILES string of the molecule is CC(CCl)(CBr)[n+]1ccccc1. The molecule has 0 N–H and O–H groups in total. The van der Waals surface area contributed by atoms with Gasteiger partial charge in [-0.3, -0.25) is 0 Å². The molecule has 12 heavy (non-hydrogen) atoms. The van der Waals surface area contributed by atoms with Gasteiger partial charge in [0.2, 0.25) is 0 Å². The number of pyridine rings is 1. The molecule has 1 aromatic rings. The van der Waals surface area contributed by atoms with E-state index in [9.17, 15) is 0 Å². The van der Waals surface area contributed by atoms with E-state index < -0.39 is 0 Å². The summed E-state index contributed by atoms with van der Waals surface area (Å²) >= 11 is 9.36. The molecule has 0 saturated carbocycles. The van der Waals surface area contributed by atoms with E-state index in [4.69, 9.17) is 11.6 Å². The fraction of sp³-hybridized carbons (Fsp3) is 0.444. The first-order valence-corrected chi connectivity index (χ1v) is 5.47. The Hall–Kier alpha value is -0.0800. The van der Waals surface area contributed by atoms with Crippen LogP contribution in [-0.2, 0) is 5.54 Å². The molecule has 0 fully saturated rings. The number of aromatic nitrogens is 1. The van der Waals surface area contributed by atoms with Crippen molar-refractivity contribution in [3.05, 3.63) is 30.6 Å². The minimum absolute atomic E-state index is 0.0250. The van der Waals surface area contributed by atoms with E-state index in [1.165, 1.54) is 0 Å². The Morgan fingerprint density at radius 1 is 1.33 bits per heavy atom. The summed E-state index contributed by atoms with van der Waals surface area (Å²) < 4.78 is 2.12. The molecule has 0 aromatic carbocycles. The Kier molecular flexibility index (Phi) is 3.53. The molecular weight excluding hydrogens is 237 g/mol. The Bertz CT molecular complexity index is 234. The van der Waals surface area contributed by atoms with E-state index in [2.05, 4.69) is 27.4 Å². The van der Waals surface area contributed by atoms with Crippen LogP contribution in [0, 0.1) is 0 Å². The summed E-state index contributed by atoms with van der Waals surface area (Å²) in [5.74, 6) is 0.604. The highest BCUT2D eigenvalue weighted by Crippen LogP contribution is 2.12. The average molecular weight is 250 g/mol. The third-order valence-electron chi connectivity index (χ3n) is 1.91. The van der Waals surface area contributed by atoms with Crippen LogP contribution in [0.4, 0.5) is 0 Å². The van der Waals surface area contributed by atoms with Gasteiger partial charge in [-0.15, -0.1) is 11.6 Å². The van der Waals surface area contributed by atoms with Crippen molar-refractivity contribution >= 4 is 27.5 Å². The zero-order chi connectivity index (χ0) is 9.03. The van der Waals surface area contributed by atoms with Gasteiger partial charge in [0.1, 0.15) is 0 Å². The van der Waals surface area contributed by atoms with Gasteiger partial charge in [0.15, 0.2) is 17.9 Å². The minimum Gasteiger partial charge on any atom is -0.198 e. The second kappa shape index (κ2) is 4.24. The summed E-state index contributed by atoms with van der Waals surface area (Å²) in [7, 11) is 0. The molecule has 0 aliphatic heterocycles. The Morgan fingerprint density at radius 2 is 1.92 bits per heavy atom. The predicted molar refractivity (Wildman–Crippen MR) is 54.8 cm³/mol. The van der Waals surface area contributed by atoms with E-state index in [0.717, 1.165) is 5.33 Å². The summed E-state index contributed by atoms with van der Waals surface area (Å²) in [5, 5.41) is 0.859. The summed E-state index contributed by atoms with van der Waals surface area (Å²) in [6.45, 7) is 2.12. The van der Waals surface area contributed by atoms with Crippen molar-refractivity contribution in [1.82, 2.24) is 0 Å². The zero-order valence-corrected chi connectivity index (χ0v) is 9.35. The maximum atomic E-state index is 5.89. The lowest BCUT2D eigenvalue weighted by Gasteiger charge is -2.18. The molecule has 3 heteroatoms. The topological polar surface area (TPSA) is 3.88 Å². The van der Waals surface area contributed by atoms with Gasteiger partial charge in [-0.2, -0.15) is 4.57 Å². The van der Waals surface area contributed by atoms with Crippen LogP contribution >= 0.6 is 27.5 Å². The molecule has 1 aromatic heterocycles. The van der Waals surface area contributed by atoms with Crippen molar-refractivity contribution in [1.29, 1.82) is 0 Å². The van der Waals surface area contributed by atoms with Gasteiger partial charge in [0.05, 0.1) is 11.2 Å². The van der Waals surface area contributed by atoms with Crippen LogP contribution in [0.3, 0.4) is 0 Å². The third kappa shape index (κ3) is 1.99. The molecule has 1 atom stereocenters. The van der Waals surface area contributed by atoms with Crippen molar-refractivity contribution in [2.24, 2.45) is 0 Å². The largest absolute Gasteiger partial charge is 0.198 e. The van der Waals surface area contributed by atoms with Crippen LogP contribution in [0.25, 0.3) is 0 Å². The molecule has 1 nitrogen and oxygen atoms in total. The van der Waals surface area contributed by atoms with E-state index >= 15 is 0 Å².